The van der Waals surface area contributed by atoms with Gasteiger partial charge >= 0.3 is 0 Å². The number of ether oxygens (including phenoxy) is 1. The Labute approximate surface area is 108 Å². The first-order valence-electron chi connectivity index (χ1n) is 7.12. The van der Waals surface area contributed by atoms with Crippen molar-refractivity contribution in [3.8, 4) is 5.75 Å². The monoisotopic (exact) mass is 244 g/mol. The van der Waals surface area contributed by atoms with E-state index in [9.17, 15) is 0 Å². The molecule has 3 unspecified atom stereocenters. The minimum atomic E-state index is 0.305. The summed E-state index contributed by atoms with van der Waals surface area (Å²) in [6.07, 6.45) is 4.59. The Morgan fingerprint density at radius 3 is 3.06 bits per heavy atom. The van der Waals surface area contributed by atoms with E-state index in [1.165, 1.54) is 25.8 Å². The molecule has 1 saturated carbocycles. The van der Waals surface area contributed by atoms with Gasteiger partial charge in [-0.15, -0.1) is 0 Å². The number of benzene rings is 1. The average Bonchev–Trinajstić information content (AvgIpc) is 3.01. The fourth-order valence-electron chi connectivity index (χ4n) is 3.77. The van der Waals surface area contributed by atoms with Crippen LogP contribution in [-0.4, -0.2) is 36.7 Å². The molecule has 0 aromatic heterocycles. The van der Waals surface area contributed by atoms with Gasteiger partial charge in [0.05, 0.1) is 12.2 Å². The lowest BCUT2D eigenvalue weighted by atomic mass is 10.1. The first kappa shape index (κ1) is 10.7. The summed E-state index contributed by atoms with van der Waals surface area (Å²) in [6, 6.07) is 9.08. The molecule has 1 aromatic rings. The smallest absolute Gasteiger partial charge is 0.142 e. The van der Waals surface area contributed by atoms with E-state index < -0.39 is 0 Å². The van der Waals surface area contributed by atoms with E-state index in [-0.39, 0.29) is 0 Å². The number of anilines is 1. The topological polar surface area (TPSA) is 24.5 Å². The standard InChI is InChI=1S/C15H20N2O/c1-2-4-15-14(3-1)16-8-13(18-15)10-17-9-11-5-6-12(17)7-11/h1-4,11-13,16H,5-10H2. The minimum absolute atomic E-state index is 0.305. The van der Waals surface area contributed by atoms with Crippen LogP contribution in [0.3, 0.4) is 0 Å². The van der Waals surface area contributed by atoms with Crippen LogP contribution in [0, 0.1) is 5.92 Å². The maximum Gasteiger partial charge on any atom is 0.142 e. The summed E-state index contributed by atoms with van der Waals surface area (Å²) in [5.41, 5.74) is 1.14. The molecule has 3 heteroatoms. The number of rotatable bonds is 2. The summed E-state index contributed by atoms with van der Waals surface area (Å²) in [5.74, 6) is 1.98. The number of para-hydroxylation sites is 2. The van der Waals surface area contributed by atoms with Gasteiger partial charge in [0.2, 0.25) is 0 Å². The molecule has 1 N–H and O–H groups in total. The summed E-state index contributed by atoms with van der Waals surface area (Å²) in [4.78, 5) is 2.65. The zero-order chi connectivity index (χ0) is 11.9. The highest BCUT2D eigenvalue weighted by Crippen LogP contribution is 2.38. The third kappa shape index (κ3) is 1.77. The van der Waals surface area contributed by atoms with Crippen LogP contribution in [0.2, 0.25) is 0 Å². The summed E-state index contributed by atoms with van der Waals surface area (Å²) in [6.45, 7) is 3.32. The second kappa shape index (κ2) is 4.16. The minimum Gasteiger partial charge on any atom is -0.485 e. The van der Waals surface area contributed by atoms with Gasteiger partial charge in [-0.3, -0.25) is 4.90 Å². The lowest BCUT2D eigenvalue weighted by Crippen LogP contribution is -2.44. The van der Waals surface area contributed by atoms with E-state index in [4.69, 9.17) is 4.74 Å². The van der Waals surface area contributed by atoms with Crippen molar-refractivity contribution in [3.05, 3.63) is 24.3 Å². The number of likely N-dealkylation sites (tertiary alicyclic amines) is 1. The highest BCUT2D eigenvalue weighted by atomic mass is 16.5. The van der Waals surface area contributed by atoms with Gasteiger partial charge in [-0.1, -0.05) is 12.1 Å². The van der Waals surface area contributed by atoms with Crippen molar-refractivity contribution in [1.29, 1.82) is 0 Å². The van der Waals surface area contributed by atoms with Crippen LogP contribution in [0.25, 0.3) is 0 Å². The molecule has 4 rings (SSSR count). The van der Waals surface area contributed by atoms with E-state index in [2.05, 4.69) is 28.4 Å². The van der Waals surface area contributed by atoms with E-state index in [0.717, 1.165) is 36.5 Å². The van der Waals surface area contributed by atoms with E-state index in [0.29, 0.717) is 6.10 Å². The highest BCUT2D eigenvalue weighted by molar-refractivity contribution is 5.57. The molecule has 1 aliphatic carbocycles. The summed E-state index contributed by atoms with van der Waals surface area (Å²) in [5, 5.41) is 3.48. The normalized spacial score (nSPS) is 33.9. The Hall–Kier alpha value is -1.22. The molecule has 3 nitrogen and oxygen atoms in total. The molecular weight excluding hydrogens is 224 g/mol. The largest absolute Gasteiger partial charge is 0.485 e. The molecule has 0 spiro atoms. The fourth-order valence-corrected chi connectivity index (χ4v) is 3.77. The van der Waals surface area contributed by atoms with Crippen molar-refractivity contribution in [3.63, 3.8) is 0 Å². The SMILES string of the molecule is c1ccc2c(c1)NCC(CN1CC3CCC1C3)O2. The fraction of sp³-hybridized carbons (Fsp3) is 0.600. The molecule has 1 aromatic carbocycles. The van der Waals surface area contributed by atoms with Gasteiger partial charge in [0, 0.05) is 19.1 Å². The summed E-state index contributed by atoms with van der Waals surface area (Å²) in [7, 11) is 0. The van der Waals surface area contributed by atoms with Gasteiger partial charge < -0.3 is 10.1 Å². The molecule has 18 heavy (non-hydrogen) atoms. The van der Waals surface area contributed by atoms with Gasteiger partial charge in [-0.05, 0) is 37.3 Å². The highest BCUT2D eigenvalue weighted by Gasteiger charge is 2.39. The van der Waals surface area contributed by atoms with Crippen LogP contribution >= 0.6 is 0 Å². The molecule has 3 aliphatic rings. The Balaban J connectivity index is 1.42. The van der Waals surface area contributed by atoms with Crippen LogP contribution in [0.1, 0.15) is 19.3 Å². The van der Waals surface area contributed by atoms with Crippen LogP contribution in [0.15, 0.2) is 24.3 Å². The molecular formula is C15H20N2O. The molecule has 1 saturated heterocycles. The van der Waals surface area contributed by atoms with Crippen LogP contribution in [-0.2, 0) is 0 Å². The third-order valence-corrected chi connectivity index (χ3v) is 4.66. The number of nitrogens with zero attached hydrogens (tertiary/aromatic N) is 1. The first-order chi connectivity index (χ1) is 8.88. The van der Waals surface area contributed by atoms with Gasteiger partial charge in [0.25, 0.3) is 0 Å². The number of fused-ring (bicyclic) bond motifs is 3. The molecule has 2 heterocycles. The number of piperidine rings is 1. The molecule has 3 atom stereocenters. The van der Waals surface area contributed by atoms with Crippen molar-refractivity contribution in [1.82, 2.24) is 4.90 Å². The second-order valence-corrected chi connectivity index (χ2v) is 5.90. The molecule has 0 amide bonds. The summed E-state index contributed by atoms with van der Waals surface area (Å²) >= 11 is 0. The second-order valence-electron chi connectivity index (χ2n) is 5.90. The molecule has 2 aliphatic heterocycles. The van der Waals surface area contributed by atoms with Gasteiger partial charge in [0.1, 0.15) is 11.9 Å². The van der Waals surface area contributed by atoms with E-state index >= 15 is 0 Å². The molecule has 96 valence electrons. The van der Waals surface area contributed by atoms with E-state index in [1.807, 2.05) is 6.07 Å². The first-order valence-corrected chi connectivity index (χ1v) is 7.12. The Morgan fingerprint density at radius 2 is 2.22 bits per heavy atom. The van der Waals surface area contributed by atoms with E-state index in [1.54, 1.807) is 0 Å². The number of nitrogens with one attached hydrogen (secondary N) is 1. The third-order valence-electron chi connectivity index (χ3n) is 4.66. The predicted molar refractivity (Wildman–Crippen MR) is 72.0 cm³/mol. The quantitative estimate of drug-likeness (QED) is 0.864. The van der Waals surface area contributed by atoms with Crippen LogP contribution < -0.4 is 10.1 Å². The number of hydrogen-bond acceptors (Lipinski definition) is 3. The molecule has 2 bridgehead atoms. The maximum absolute atomic E-state index is 6.10. The van der Waals surface area contributed by atoms with Crippen molar-refractivity contribution in [2.75, 3.05) is 25.0 Å². The maximum atomic E-state index is 6.10. The van der Waals surface area contributed by atoms with Crippen molar-refractivity contribution in [2.45, 2.75) is 31.4 Å². The summed E-state index contributed by atoms with van der Waals surface area (Å²) < 4.78 is 6.10. The van der Waals surface area contributed by atoms with Crippen LogP contribution in [0.4, 0.5) is 5.69 Å². The lowest BCUT2D eigenvalue weighted by Gasteiger charge is -2.33. The van der Waals surface area contributed by atoms with Gasteiger partial charge in [0.15, 0.2) is 0 Å². The number of hydrogen-bond donors (Lipinski definition) is 1. The van der Waals surface area contributed by atoms with Gasteiger partial charge in [-0.25, -0.2) is 0 Å². The van der Waals surface area contributed by atoms with Crippen molar-refractivity contribution >= 4 is 5.69 Å². The Kier molecular flexibility index (Phi) is 2.47. The van der Waals surface area contributed by atoms with Crippen molar-refractivity contribution < 1.29 is 4.74 Å². The van der Waals surface area contributed by atoms with Crippen molar-refractivity contribution in [2.24, 2.45) is 5.92 Å². The Morgan fingerprint density at radius 1 is 1.28 bits per heavy atom. The zero-order valence-electron chi connectivity index (χ0n) is 10.6. The average molecular weight is 244 g/mol. The molecule has 0 radical (unpaired) electrons. The van der Waals surface area contributed by atoms with Gasteiger partial charge in [-0.2, -0.15) is 0 Å². The van der Waals surface area contributed by atoms with Crippen LogP contribution in [0.5, 0.6) is 5.75 Å². The molecule has 2 fully saturated rings. The lowest BCUT2D eigenvalue weighted by molar-refractivity contribution is 0.114. The Bertz CT molecular complexity index is 448. The zero-order valence-corrected chi connectivity index (χ0v) is 10.6. The predicted octanol–water partition coefficient (Wildman–Crippen LogP) is 2.34.